The van der Waals surface area contributed by atoms with Crippen LogP contribution in [-0.2, 0) is 0 Å². The van der Waals surface area contributed by atoms with E-state index in [0.29, 0.717) is 0 Å². The number of terminal acetylenes is 1. The van der Waals surface area contributed by atoms with Crippen LogP contribution in [0.4, 0.5) is 0 Å². The lowest BCUT2D eigenvalue weighted by atomic mass is 10.3. The normalized spacial score (nSPS) is 14.9. The highest BCUT2D eigenvalue weighted by molar-refractivity contribution is 7.99. The van der Waals surface area contributed by atoms with E-state index in [1.807, 2.05) is 11.8 Å². The summed E-state index contributed by atoms with van der Waals surface area (Å²) >= 11 is 1.95. The SMILES string of the molecule is C#CC(CSC(C)CC)NCCC. The molecule has 76 valence electrons. The number of thioether (sulfide) groups is 1. The van der Waals surface area contributed by atoms with E-state index in [1.165, 1.54) is 6.42 Å². The minimum Gasteiger partial charge on any atom is -0.303 e. The molecule has 0 aliphatic rings. The Bertz CT molecular complexity index is 151. The van der Waals surface area contributed by atoms with E-state index in [1.54, 1.807) is 0 Å². The van der Waals surface area contributed by atoms with Crippen molar-refractivity contribution < 1.29 is 0 Å². The van der Waals surface area contributed by atoms with Crippen LogP contribution in [-0.4, -0.2) is 23.6 Å². The van der Waals surface area contributed by atoms with Crippen molar-refractivity contribution in [3.05, 3.63) is 0 Å². The molecular formula is C11H21NS. The second-order valence-electron chi connectivity index (χ2n) is 3.23. The molecule has 0 aromatic rings. The quantitative estimate of drug-likeness (QED) is 0.632. The van der Waals surface area contributed by atoms with Gasteiger partial charge in [0, 0.05) is 11.0 Å². The van der Waals surface area contributed by atoms with Crippen LogP contribution in [0.15, 0.2) is 0 Å². The molecule has 2 atom stereocenters. The molecule has 0 aliphatic heterocycles. The first-order chi connectivity index (χ1) is 6.24. The third kappa shape index (κ3) is 6.98. The molecule has 0 rings (SSSR count). The molecule has 0 amide bonds. The Morgan fingerprint density at radius 2 is 2.15 bits per heavy atom. The average molecular weight is 199 g/mol. The molecule has 1 nitrogen and oxygen atoms in total. The summed E-state index contributed by atoms with van der Waals surface area (Å²) in [6, 6.07) is 0.249. The van der Waals surface area contributed by atoms with E-state index in [0.717, 1.165) is 24.0 Å². The Kier molecular flexibility index (Phi) is 8.38. The molecule has 13 heavy (non-hydrogen) atoms. The fourth-order valence-electron chi connectivity index (χ4n) is 0.863. The maximum Gasteiger partial charge on any atom is 0.0778 e. The Morgan fingerprint density at radius 1 is 1.46 bits per heavy atom. The molecule has 0 aromatic heterocycles. The fourth-order valence-corrected chi connectivity index (χ4v) is 1.83. The molecule has 0 fully saturated rings. The smallest absolute Gasteiger partial charge is 0.0778 e. The summed E-state index contributed by atoms with van der Waals surface area (Å²) in [5, 5.41) is 4.06. The number of hydrogen-bond donors (Lipinski definition) is 1. The van der Waals surface area contributed by atoms with Crippen LogP contribution in [0.2, 0.25) is 0 Å². The summed E-state index contributed by atoms with van der Waals surface area (Å²) < 4.78 is 0. The lowest BCUT2D eigenvalue weighted by molar-refractivity contribution is 0.641. The predicted molar refractivity (Wildman–Crippen MR) is 63.1 cm³/mol. The van der Waals surface area contributed by atoms with Gasteiger partial charge in [-0.25, -0.2) is 0 Å². The van der Waals surface area contributed by atoms with Gasteiger partial charge < -0.3 is 5.32 Å². The van der Waals surface area contributed by atoms with Crippen LogP contribution in [0, 0.1) is 12.3 Å². The largest absolute Gasteiger partial charge is 0.303 e. The monoisotopic (exact) mass is 199 g/mol. The van der Waals surface area contributed by atoms with Crippen molar-refractivity contribution in [2.24, 2.45) is 0 Å². The molecule has 0 spiro atoms. The summed E-state index contributed by atoms with van der Waals surface area (Å²) in [5.41, 5.74) is 0. The lowest BCUT2D eigenvalue weighted by Crippen LogP contribution is -2.30. The van der Waals surface area contributed by atoms with Gasteiger partial charge in [-0.3, -0.25) is 0 Å². The molecule has 0 radical (unpaired) electrons. The van der Waals surface area contributed by atoms with Gasteiger partial charge in [-0.2, -0.15) is 11.8 Å². The first kappa shape index (κ1) is 12.9. The highest BCUT2D eigenvalue weighted by Crippen LogP contribution is 2.14. The standard InChI is InChI=1S/C11H21NS/c1-5-8-12-11(7-3)9-13-10(4)6-2/h3,10-12H,5-6,8-9H2,1-2,4H3. The minimum atomic E-state index is 0.249. The molecule has 0 aromatic carbocycles. The third-order valence-corrected chi connectivity index (χ3v) is 3.39. The van der Waals surface area contributed by atoms with E-state index in [-0.39, 0.29) is 6.04 Å². The number of hydrogen-bond acceptors (Lipinski definition) is 2. The van der Waals surface area contributed by atoms with Crippen LogP contribution in [0.25, 0.3) is 0 Å². The maximum atomic E-state index is 5.42. The minimum absolute atomic E-state index is 0.249. The first-order valence-electron chi connectivity index (χ1n) is 5.05. The van der Waals surface area contributed by atoms with Crippen molar-refractivity contribution in [1.29, 1.82) is 0 Å². The molecule has 0 bridgehead atoms. The Hall–Kier alpha value is -0.130. The van der Waals surface area contributed by atoms with E-state index in [4.69, 9.17) is 6.42 Å². The predicted octanol–water partition coefficient (Wildman–Crippen LogP) is 2.52. The van der Waals surface area contributed by atoms with Crippen LogP contribution in [0.5, 0.6) is 0 Å². The molecule has 0 saturated carbocycles. The zero-order valence-electron chi connectivity index (χ0n) is 8.97. The van der Waals surface area contributed by atoms with E-state index >= 15 is 0 Å². The first-order valence-corrected chi connectivity index (χ1v) is 6.10. The zero-order chi connectivity index (χ0) is 10.1. The number of rotatable bonds is 7. The van der Waals surface area contributed by atoms with Gasteiger partial charge in [-0.15, -0.1) is 6.42 Å². The summed E-state index contributed by atoms with van der Waals surface area (Å²) in [4.78, 5) is 0. The summed E-state index contributed by atoms with van der Waals surface area (Å²) in [6.07, 6.45) is 7.78. The second-order valence-corrected chi connectivity index (χ2v) is 4.70. The molecule has 0 aliphatic carbocycles. The molecule has 1 N–H and O–H groups in total. The van der Waals surface area contributed by atoms with E-state index in [2.05, 4.69) is 32.0 Å². The fraction of sp³-hybridized carbons (Fsp3) is 0.818. The van der Waals surface area contributed by atoms with Gasteiger partial charge in [0.1, 0.15) is 0 Å². The van der Waals surface area contributed by atoms with Gasteiger partial charge in [-0.1, -0.05) is 26.7 Å². The van der Waals surface area contributed by atoms with Crippen LogP contribution in [0.1, 0.15) is 33.6 Å². The van der Waals surface area contributed by atoms with Crippen molar-refractivity contribution in [1.82, 2.24) is 5.32 Å². The molecule has 0 saturated heterocycles. The Morgan fingerprint density at radius 3 is 2.62 bits per heavy atom. The topological polar surface area (TPSA) is 12.0 Å². The van der Waals surface area contributed by atoms with Gasteiger partial charge in [0.05, 0.1) is 6.04 Å². The zero-order valence-corrected chi connectivity index (χ0v) is 9.79. The highest BCUT2D eigenvalue weighted by Gasteiger charge is 2.06. The molecule has 0 heterocycles. The summed E-state index contributed by atoms with van der Waals surface area (Å²) in [5.74, 6) is 3.82. The Labute approximate surface area is 87.1 Å². The van der Waals surface area contributed by atoms with Crippen LogP contribution < -0.4 is 5.32 Å². The Balaban J connectivity index is 3.54. The number of nitrogens with one attached hydrogen (secondary N) is 1. The molecular weight excluding hydrogens is 178 g/mol. The highest BCUT2D eigenvalue weighted by atomic mass is 32.2. The van der Waals surface area contributed by atoms with Crippen molar-refractivity contribution in [3.63, 3.8) is 0 Å². The lowest BCUT2D eigenvalue weighted by Gasteiger charge is -2.14. The van der Waals surface area contributed by atoms with Gasteiger partial charge in [0.25, 0.3) is 0 Å². The third-order valence-electron chi connectivity index (χ3n) is 1.96. The summed E-state index contributed by atoms with van der Waals surface area (Å²) in [7, 11) is 0. The van der Waals surface area contributed by atoms with Gasteiger partial charge in [0.2, 0.25) is 0 Å². The van der Waals surface area contributed by atoms with Gasteiger partial charge in [-0.05, 0) is 19.4 Å². The van der Waals surface area contributed by atoms with Crippen molar-refractivity contribution in [3.8, 4) is 12.3 Å². The van der Waals surface area contributed by atoms with Gasteiger partial charge >= 0.3 is 0 Å². The van der Waals surface area contributed by atoms with Crippen LogP contribution >= 0.6 is 11.8 Å². The van der Waals surface area contributed by atoms with Crippen molar-refractivity contribution in [2.45, 2.75) is 44.9 Å². The summed E-state index contributed by atoms with van der Waals surface area (Å²) in [6.45, 7) is 7.64. The van der Waals surface area contributed by atoms with Crippen molar-refractivity contribution >= 4 is 11.8 Å². The maximum absolute atomic E-state index is 5.42. The molecule has 2 heteroatoms. The van der Waals surface area contributed by atoms with Crippen molar-refractivity contribution in [2.75, 3.05) is 12.3 Å². The van der Waals surface area contributed by atoms with E-state index in [9.17, 15) is 0 Å². The second kappa shape index (κ2) is 8.47. The van der Waals surface area contributed by atoms with Crippen LogP contribution in [0.3, 0.4) is 0 Å². The van der Waals surface area contributed by atoms with Gasteiger partial charge in [0.15, 0.2) is 0 Å². The molecule has 2 unspecified atom stereocenters. The average Bonchev–Trinajstić information content (AvgIpc) is 2.17. The van der Waals surface area contributed by atoms with E-state index < -0.39 is 0 Å².